The molecule has 0 aliphatic carbocycles. The number of carbonyl (C=O) groups is 1. The maximum atomic E-state index is 12.6. The Labute approximate surface area is 160 Å². The molecule has 0 saturated carbocycles. The number of carbonyl (C=O) groups excluding carboxylic acids is 1. The molecule has 3 atom stereocenters. The SMILES string of the molecule is CC(NC(=O)N1C[C@@H](N)[C@H](c2cnn(C)c2)C1)c1cccc(OC(F)(F)F)c1. The van der Waals surface area contributed by atoms with Gasteiger partial charge in [-0.05, 0) is 30.2 Å². The average molecular weight is 397 g/mol. The number of hydrogen-bond donors (Lipinski definition) is 2. The van der Waals surface area contributed by atoms with E-state index in [1.54, 1.807) is 28.8 Å². The smallest absolute Gasteiger partial charge is 0.406 e. The molecule has 10 heteroatoms. The molecule has 7 nitrogen and oxygen atoms in total. The van der Waals surface area contributed by atoms with Crippen molar-refractivity contribution in [3.8, 4) is 5.75 Å². The quantitative estimate of drug-likeness (QED) is 0.830. The number of likely N-dealkylation sites (tertiary alicyclic amines) is 1. The van der Waals surface area contributed by atoms with Gasteiger partial charge in [-0.1, -0.05) is 12.1 Å². The summed E-state index contributed by atoms with van der Waals surface area (Å²) in [4.78, 5) is 14.2. The van der Waals surface area contributed by atoms with Gasteiger partial charge >= 0.3 is 12.4 Å². The van der Waals surface area contributed by atoms with Gasteiger partial charge in [0.15, 0.2) is 0 Å². The van der Waals surface area contributed by atoms with Crippen LogP contribution in [0.4, 0.5) is 18.0 Å². The molecule has 28 heavy (non-hydrogen) atoms. The highest BCUT2D eigenvalue weighted by atomic mass is 19.4. The number of nitrogens with two attached hydrogens (primary N) is 1. The molecule has 152 valence electrons. The van der Waals surface area contributed by atoms with Gasteiger partial charge in [0, 0.05) is 38.3 Å². The predicted molar refractivity (Wildman–Crippen MR) is 95.6 cm³/mol. The van der Waals surface area contributed by atoms with Crippen LogP contribution in [0.3, 0.4) is 0 Å². The topological polar surface area (TPSA) is 85.4 Å². The van der Waals surface area contributed by atoms with Crippen molar-refractivity contribution in [2.24, 2.45) is 12.8 Å². The van der Waals surface area contributed by atoms with Crippen LogP contribution in [0.15, 0.2) is 36.7 Å². The first kappa shape index (κ1) is 20.0. The molecule has 1 fully saturated rings. The average Bonchev–Trinajstić information content (AvgIpc) is 3.19. The van der Waals surface area contributed by atoms with E-state index in [0.29, 0.717) is 18.7 Å². The number of amides is 2. The third kappa shape index (κ3) is 4.75. The van der Waals surface area contributed by atoms with E-state index in [1.165, 1.54) is 18.2 Å². The van der Waals surface area contributed by atoms with Crippen molar-refractivity contribution in [3.05, 3.63) is 47.8 Å². The van der Waals surface area contributed by atoms with Crippen LogP contribution in [0, 0.1) is 0 Å². The highest BCUT2D eigenvalue weighted by molar-refractivity contribution is 5.75. The zero-order valence-electron chi connectivity index (χ0n) is 15.5. The maximum Gasteiger partial charge on any atom is 0.573 e. The van der Waals surface area contributed by atoms with Crippen LogP contribution >= 0.6 is 0 Å². The molecule has 0 bridgehead atoms. The summed E-state index contributed by atoms with van der Waals surface area (Å²) in [5.41, 5.74) is 7.66. The third-order valence-corrected chi connectivity index (χ3v) is 4.74. The van der Waals surface area contributed by atoms with Crippen molar-refractivity contribution in [1.29, 1.82) is 0 Å². The number of halogens is 3. The molecule has 1 aliphatic rings. The molecule has 3 rings (SSSR count). The zero-order chi connectivity index (χ0) is 20.5. The molecule has 2 amide bonds. The van der Waals surface area contributed by atoms with Crippen LogP contribution in [0.25, 0.3) is 0 Å². The number of aryl methyl sites for hydroxylation is 1. The Balaban J connectivity index is 1.62. The fourth-order valence-corrected chi connectivity index (χ4v) is 3.32. The van der Waals surface area contributed by atoms with Gasteiger partial charge in [-0.3, -0.25) is 4.68 Å². The van der Waals surface area contributed by atoms with Gasteiger partial charge < -0.3 is 20.7 Å². The third-order valence-electron chi connectivity index (χ3n) is 4.74. The highest BCUT2D eigenvalue weighted by Crippen LogP contribution is 2.28. The van der Waals surface area contributed by atoms with Crippen molar-refractivity contribution in [1.82, 2.24) is 20.0 Å². The molecule has 2 aromatic rings. The Morgan fingerprint density at radius 1 is 1.39 bits per heavy atom. The normalized spacial score (nSPS) is 20.9. The van der Waals surface area contributed by atoms with Crippen LogP contribution in [-0.2, 0) is 7.05 Å². The van der Waals surface area contributed by atoms with Crippen LogP contribution in [-0.4, -0.2) is 46.2 Å². The van der Waals surface area contributed by atoms with E-state index >= 15 is 0 Å². The number of hydrogen-bond acceptors (Lipinski definition) is 4. The van der Waals surface area contributed by atoms with E-state index < -0.39 is 12.4 Å². The Morgan fingerprint density at radius 3 is 2.79 bits per heavy atom. The van der Waals surface area contributed by atoms with E-state index in [-0.39, 0.29) is 23.7 Å². The molecular weight excluding hydrogens is 375 g/mol. The fourth-order valence-electron chi connectivity index (χ4n) is 3.32. The van der Waals surface area contributed by atoms with Crippen LogP contribution in [0.5, 0.6) is 5.75 Å². The van der Waals surface area contributed by atoms with E-state index in [0.717, 1.165) is 5.56 Å². The largest absolute Gasteiger partial charge is 0.573 e. The molecule has 3 N–H and O–H groups in total. The summed E-state index contributed by atoms with van der Waals surface area (Å²) >= 11 is 0. The number of rotatable bonds is 4. The first-order valence-corrected chi connectivity index (χ1v) is 8.77. The summed E-state index contributed by atoms with van der Waals surface area (Å²) in [5.74, 6) is -0.343. The minimum atomic E-state index is -4.77. The van der Waals surface area contributed by atoms with E-state index in [4.69, 9.17) is 5.73 Å². The molecule has 1 saturated heterocycles. The predicted octanol–water partition coefficient (Wildman–Crippen LogP) is 2.52. The summed E-state index contributed by atoms with van der Waals surface area (Å²) in [6.45, 7) is 2.52. The van der Waals surface area contributed by atoms with Crippen molar-refractivity contribution in [2.45, 2.75) is 31.3 Å². The number of ether oxygens (including phenoxy) is 1. The van der Waals surface area contributed by atoms with E-state index in [1.807, 2.05) is 13.2 Å². The van der Waals surface area contributed by atoms with Gasteiger partial charge in [-0.15, -0.1) is 13.2 Å². The van der Waals surface area contributed by atoms with Crippen LogP contribution < -0.4 is 15.8 Å². The number of benzene rings is 1. The second-order valence-electron chi connectivity index (χ2n) is 6.91. The summed E-state index contributed by atoms with van der Waals surface area (Å²) in [6.07, 6.45) is -1.15. The van der Waals surface area contributed by atoms with Crippen molar-refractivity contribution >= 4 is 6.03 Å². The maximum absolute atomic E-state index is 12.6. The van der Waals surface area contributed by atoms with Crippen molar-refractivity contribution in [2.75, 3.05) is 13.1 Å². The van der Waals surface area contributed by atoms with Gasteiger partial charge in [0.25, 0.3) is 0 Å². The zero-order valence-corrected chi connectivity index (χ0v) is 15.5. The summed E-state index contributed by atoms with van der Waals surface area (Å²) in [6, 6.07) is 4.50. The van der Waals surface area contributed by atoms with E-state index in [9.17, 15) is 18.0 Å². The minimum absolute atomic E-state index is 0.0155. The van der Waals surface area contributed by atoms with Gasteiger partial charge in [0.1, 0.15) is 5.75 Å². The second-order valence-corrected chi connectivity index (χ2v) is 6.91. The molecule has 1 aromatic carbocycles. The summed E-state index contributed by atoms with van der Waals surface area (Å²) < 4.78 is 42.8. The van der Waals surface area contributed by atoms with Crippen LogP contribution in [0.1, 0.15) is 30.0 Å². The van der Waals surface area contributed by atoms with E-state index in [2.05, 4.69) is 15.2 Å². The Hall–Kier alpha value is -2.75. The lowest BCUT2D eigenvalue weighted by atomic mass is 9.98. The van der Waals surface area contributed by atoms with Crippen LogP contribution in [0.2, 0.25) is 0 Å². The lowest BCUT2D eigenvalue weighted by Gasteiger charge is -2.21. The molecule has 2 heterocycles. The summed E-state index contributed by atoms with van der Waals surface area (Å²) in [7, 11) is 1.81. The van der Waals surface area contributed by atoms with Gasteiger partial charge in [0.2, 0.25) is 0 Å². The second kappa shape index (κ2) is 7.70. The summed E-state index contributed by atoms with van der Waals surface area (Å²) in [5, 5.41) is 6.94. The number of nitrogens with zero attached hydrogens (tertiary/aromatic N) is 3. The number of urea groups is 1. The first-order chi connectivity index (χ1) is 13.1. The number of alkyl halides is 3. The molecule has 1 unspecified atom stereocenters. The number of nitrogens with one attached hydrogen (secondary N) is 1. The minimum Gasteiger partial charge on any atom is -0.406 e. The molecule has 1 aliphatic heterocycles. The molecule has 0 radical (unpaired) electrons. The standard InChI is InChI=1S/C18H22F3N5O2/c1-11(12-4-3-5-14(6-12)28-18(19,20)21)24-17(27)26-9-15(16(22)10-26)13-7-23-25(2)8-13/h3-8,11,15-16H,9-10,22H2,1-2H3,(H,24,27)/t11?,15-,16+/m0/s1. The van der Waals surface area contributed by atoms with Gasteiger partial charge in [0.05, 0.1) is 12.2 Å². The first-order valence-electron chi connectivity index (χ1n) is 8.77. The Kier molecular flexibility index (Phi) is 5.50. The molecule has 0 spiro atoms. The lowest BCUT2D eigenvalue weighted by Crippen LogP contribution is -2.40. The monoisotopic (exact) mass is 397 g/mol. The van der Waals surface area contributed by atoms with Gasteiger partial charge in [-0.2, -0.15) is 5.10 Å². The Bertz CT molecular complexity index is 839. The Morgan fingerprint density at radius 2 is 2.14 bits per heavy atom. The fraction of sp³-hybridized carbons (Fsp3) is 0.444. The highest BCUT2D eigenvalue weighted by Gasteiger charge is 2.35. The van der Waals surface area contributed by atoms with Gasteiger partial charge in [-0.25, -0.2) is 4.79 Å². The molecule has 1 aromatic heterocycles. The van der Waals surface area contributed by atoms with Crippen molar-refractivity contribution in [3.63, 3.8) is 0 Å². The van der Waals surface area contributed by atoms with Crippen molar-refractivity contribution < 1.29 is 22.7 Å². The molecular formula is C18H22F3N5O2. The number of aromatic nitrogens is 2. The lowest BCUT2D eigenvalue weighted by molar-refractivity contribution is -0.274.